The number of hydrogen-bond donors (Lipinski definition) is 1. The Labute approximate surface area is 92.2 Å². The van der Waals surface area contributed by atoms with Gasteiger partial charge in [-0.2, -0.15) is 11.8 Å². The summed E-state index contributed by atoms with van der Waals surface area (Å²) in [5, 5.41) is 3.55. The fourth-order valence-electron chi connectivity index (χ4n) is 1.84. The monoisotopic (exact) mass is 217 g/mol. The van der Waals surface area contributed by atoms with E-state index in [0.717, 1.165) is 13.2 Å². The third kappa shape index (κ3) is 4.20. The lowest BCUT2D eigenvalue weighted by molar-refractivity contribution is 0.0447. The normalized spacial score (nSPS) is 24.9. The highest BCUT2D eigenvalue weighted by Crippen LogP contribution is 2.18. The van der Waals surface area contributed by atoms with Crippen molar-refractivity contribution >= 4 is 11.8 Å². The Kier molecular flexibility index (Phi) is 6.65. The molecule has 2 unspecified atom stereocenters. The topological polar surface area (TPSA) is 21.3 Å². The first kappa shape index (κ1) is 12.3. The van der Waals surface area contributed by atoms with Gasteiger partial charge in [-0.3, -0.25) is 0 Å². The van der Waals surface area contributed by atoms with Gasteiger partial charge in [0, 0.05) is 17.5 Å². The van der Waals surface area contributed by atoms with Crippen molar-refractivity contribution in [1.82, 2.24) is 5.32 Å². The first-order valence-electron chi connectivity index (χ1n) is 5.81. The Bertz CT molecular complexity index is 137. The molecule has 1 saturated heterocycles. The molecule has 14 heavy (non-hydrogen) atoms. The number of likely N-dealkylation sites (N-methyl/N-ethyl adjacent to an activating group) is 1. The third-order valence-electron chi connectivity index (χ3n) is 2.63. The summed E-state index contributed by atoms with van der Waals surface area (Å²) in [6.07, 6.45) is 4.29. The first-order chi connectivity index (χ1) is 6.88. The van der Waals surface area contributed by atoms with Crippen LogP contribution in [0.15, 0.2) is 0 Å². The molecular formula is C11H23NOS. The lowest BCUT2D eigenvalue weighted by Gasteiger charge is -2.30. The summed E-state index contributed by atoms with van der Waals surface area (Å²) in [5.74, 6) is 2.34. The second-order valence-electron chi connectivity index (χ2n) is 3.79. The molecule has 0 bridgehead atoms. The molecule has 1 fully saturated rings. The Morgan fingerprint density at radius 2 is 2.36 bits per heavy atom. The molecular weight excluding hydrogens is 194 g/mol. The van der Waals surface area contributed by atoms with Crippen molar-refractivity contribution in [2.45, 2.75) is 45.3 Å². The molecule has 2 atom stereocenters. The summed E-state index contributed by atoms with van der Waals surface area (Å²) in [5.41, 5.74) is 0. The molecule has 0 aliphatic carbocycles. The predicted octanol–water partition coefficient (Wildman–Crippen LogP) is 2.29. The molecule has 2 nitrogen and oxygen atoms in total. The molecule has 0 aromatic heterocycles. The molecule has 1 rings (SSSR count). The van der Waals surface area contributed by atoms with Crippen molar-refractivity contribution in [1.29, 1.82) is 0 Å². The maximum absolute atomic E-state index is 5.81. The summed E-state index contributed by atoms with van der Waals surface area (Å²) in [4.78, 5) is 0. The molecule has 0 spiro atoms. The number of rotatable bonds is 6. The number of unbranched alkanes of at least 4 members (excludes halogenated alkanes) is 1. The fourth-order valence-corrected chi connectivity index (χ4v) is 2.79. The maximum atomic E-state index is 5.81. The smallest absolute Gasteiger partial charge is 0.0818 e. The highest BCUT2D eigenvalue weighted by atomic mass is 32.2. The van der Waals surface area contributed by atoms with Gasteiger partial charge in [0.1, 0.15) is 0 Å². The van der Waals surface area contributed by atoms with Crippen LogP contribution in [0.1, 0.15) is 33.1 Å². The molecule has 0 aromatic carbocycles. The van der Waals surface area contributed by atoms with Gasteiger partial charge in [0.05, 0.1) is 12.7 Å². The van der Waals surface area contributed by atoms with E-state index in [0.29, 0.717) is 12.1 Å². The van der Waals surface area contributed by atoms with E-state index in [9.17, 15) is 0 Å². The minimum atomic E-state index is 0.445. The van der Waals surface area contributed by atoms with Crippen LogP contribution in [0.25, 0.3) is 0 Å². The molecule has 0 amide bonds. The lowest BCUT2D eigenvalue weighted by atomic mass is 10.1. The maximum Gasteiger partial charge on any atom is 0.0818 e. The van der Waals surface area contributed by atoms with Gasteiger partial charge in [0.25, 0.3) is 0 Å². The zero-order valence-electron chi connectivity index (χ0n) is 9.42. The van der Waals surface area contributed by atoms with E-state index in [-0.39, 0.29) is 0 Å². The first-order valence-corrected chi connectivity index (χ1v) is 6.96. The van der Waals surface area contributed by atoms with Crippen LogP contribution < -0.4 is 5.32 Å². The molecule has 3 heteroatoms. The Morgan fingerprint density at radius 3 is 2.93 bits per heavy atom. The molecule has 0 aromatic rings. The third-order valence-corrected chi connectivity index (χ3v) is 3.65. The van der Waals surface area contributed by atoms with Crippen LogP contribution in [0.3, 0.4) is 0 Å². The number of ether oxygens (including phenoxy) is 1. The Hall–Kier alpha value is 0.270. The second kappa shape index (κ2) is 7.55. The van der Waals surface area contributed by atoms with Crippen LogP contribution in [-0.4, -0.2) is 36.8 Å². The van der Waals surface area contributed by atoms with Crippen LogP contribution in [0.5, 0.6) is 0 Å². The van der Waals surface area contributed by atoms with E-state index in [1.165, 1.54) is 30.8 Å². The van der Waals surface area contributed by atoms with Crippen molar-refractivity contribution in [3.8, 4) is 0 Å². The average molecular weight is 217 g/mol. The number of hydrogen-bond acceptors (Lipinski definition) is 3. The largest absolute Gasteiger partial charge is 0.375 e. The van der Waals surface area contributed by atoms with Crippen molar-refractivity contribution in [3.05, 3.63) is 0 Å². The van der Waals surface area contributed by atoms with E-state index >= 15 is 0 Å². The summed E-state index contributed by atoms with van der Waals surface area (Å²) in [6.45, 7) is 6.41. The zero-order valence-corrected chi connectivity index (χ0v) is 10.2. The quantitative estimate of drug-likeness (QED) is 0.737. The van der Waals surface area contributed by atoms with Crippen LogP contribution in [0.4, 0.5) is 0 Å². The van der Waals surface area contributed by atoms with Crippen LogP contribution in [-0.2, 0) is 4.74 Å². The Morgan fingerprint density at radius 1 is 1.50 bits per heavy atom. The summed E-state index contributed by atoms with van der Waals surface area (Å²) >= 11 is 2.03. The van der Waals surface area contributed by atoms with Crippen LogP contribution in [0, 0.1) is 0 Å². The van der Waals surface area contributed by atoms with E-state index in [1.54, 1.807) is 0 Å². The Balaban J connectivity index is 2.30. The van der Waals surface area contributed by atoms with Gasteiger partial charge < -0.3 is 10.1 Å². The van der Waals surface area contributed by atoms with Crippen molar-refractivity contribution in [3.63, 3.8) is 0 Å². The fraction of sp³-hybridized carbons (Fsp3) is 1.00. The second-order valence-corrected chi connectivity index (χ2v) is 4.94. The van der Waals surface area contributed by atoms with E-state index in [4.69, 9.17) is 4.74 Å². The van der Waals surface area contributed by atoms with Crippen LogP contribution >= 0.6 is 11.8 Å². The van der Waals surface area contributed by atoms with E-state index in [1.807, 2.05) is 11.8 Å². The molecule has 1 aliphatic rings. The van der Waals surface area contributed by atoms with Gasteiger partial charge in [0.2, 0.25) is 0 Å². The summed E-state index contributed by atoms with van der Waals surface area (Å²) in [7, 11) is 0. The summed E-state index contributed by atoms with van der Waals surface area (Å²) in [6, 6.07) is 0.577. The van der Waals surface area contributed by atoms with Crippen LogP contribution in [0.2, 0.25) is 0 Å². The zero-order chi connectivity index (χ0) is 10.2. The molecule has 1 N–H and O–H groups in total. The summed E-state index contributed by atoms with van der Waals surface area (Å²) < 4.78 is 5.81. The number of thioether (sulfide) groups is 1. The minimum absolute atomic E-state index is 0.445. The molecule has 0 saturated carbocycles. The van der Waals surface area contributed by atoms with Gasteiger partial charge in [-0.1, -0.05) is 26.7 Å². The minimum Gasteiger partial charge on any atom is -0.375 e. The van der Waals surface area contributed by atoms with Gasteiger partial charge >= 0.3 is 0 Å². The number of nitrogens with one attached hydrogen (secondary N) is 1. The van der Waals surface area contributed by atoms with Crippen molar-refractivity contribution in [2.75, 3.05) is 24.7 Å². The van der Waals surface area contributed by atoms with Gasteiger partial charge in [0.15, 0.2) is 0 Å². The molecule has 0 radical (unpaired) electrons. The highest BCUT2D eigenvalue weighted by molar-refractivity contribution is 7.99. The van der Waals surface area contributed by atoms with Crippen molar-refractivity contribution in [2.24, 2.45) is 0 Å². The SMILES string of the molecule is CCCCC(NCC)C1CSCCO1. The molecule has 1 aliphatic heterocycles. The van der Waals surface area contributed by atoms with Crippen molar-refractivity contribution < 1.29 is 4.74 Å². The van der Waals surface area contributed by atoms with Gasteiger partial charge in [-0.15, -0.1) is 0 Å². The predicted molar refractivity (Wildman–Crippen MR) is 64.1 cm³/mol. The van der Waals surface area contributed by atoms with Gasteiger partial charge in [-0.25, -0.2) is 0 Å². The highest BCUT2D eigenvalue weighted by Gasteiger charge is 2.23. The van der Waals surface area contributed by atoms with Gasteiger partial charge in [-0.05, 0) is 13.0 Å². The lowest BCUT2D eigenvalue weighted by Crippen LogP contribution is -2.44. The van der Waals surface area contributed by atoms with E-state index in [2.05, 4.69) is 19.2 Å². The molecule has 1 heterocycles. The molecule has 84 valence electrons. The average Bonchev–Trinajstić information content (AvgIpc) is 2.25. The van der Waals surface area contributed by atoms with E-state index < -0.39 is 0 Å². The standard InChI is InChI=1S/C11H23NOS/c1-3-5-6-10(12-4-2)11-9-14-8-7-13-11/h10-12H,3-9H2,1-2H3.